The lowest BCUT2D eigenvalue weighted by Crippen LogP contribution is -2.51. The largest absolute Gasteiger partial charge is 0.486 e. The molecular formula is C18H25ClN2O3. The fraction of sp³-hybridized carbons (Fsp3) is 0.611. The third kappa shape index (κ3) is 3.07. The number of rotatable bonds is 3. The standard InChI is InChI=1S/C18H24N2O3.ClH/c21-17(18-8-4-3-5-13(18)9-19-12-18)20-10-14-11-22-15-6-1-2-7-16(15)23-14;/h1-2,6-7,13-14,19H,3-5,8-12H2,(H,20,21);1H/t13-,14?,18+;/m0./s1. The first kappa shape index (κ1) is 17.4. The summed E-state index contributed by atoms with van der Waals surface area (Å²) in [4.78, 5) is 12.8. The van der Waals surface area contributed by atoms with Crippen molar-refractivity contribution in [2.75, 3.05) is 26.2 Å². The van der Waals surface area contributed by atoms with Crippen molar-refractivity contribution >= 4 is 18.3 Å². The summed E-state index contributed by atoms with van der Waals surface area (Å²) in [5.41, 5.74) is -0.203. The average Bonchev–Trinajstić information content (AvgIpc) is 3.04. The maximum atomic E-state index is 12.8. The van der Waals surface area contributed by atoms with Crippen molar-refractivity contribution in [1.82, 2.24) is 10.6 Å². The number of fused-ring (bicyclic) bond motifs is 2. The number of amides is 1. The van der Waals surface area contributed by atoms with Gasteiger partial charge in [0.1, 0.15) is 12.7 Å². The summed E-state index contributed by atoms with van der Waals surface area (Å²) >= 11 is 0. The molecule has 0 aromatic heterocycles. The van der Waals surface area contributed by atoms with Crippen LogP contribution in [-0.4, -0.2) is 38.3 Å². The minimum absolute atomic E-state index is 0. The molecule has 1 saturated carbocycles. The Morgan fingerprint density at radius 2 is 2.12 bits per heavy atom. The molecule has 5 nitrogen and oxygen atoms in total. The predicted molar refractivity (Wildman–Crippen MR) is 93.9 cm³/mol. The van der Waals surface area contributed by atoms with Crippen LogP contribution in [0.25, 0.3) is 0 Å². The number of ether oxygens (including phenoxy) is 2. The van der Waals surface area contributed by atoms with Crippen molar-refractivity contribution in [2.45, 2.75) is 31.8 Å². The zero-order valence-electron chi connectivity index (χ0n) is 13.8. The van der Waals surface area contributed by atoms with Crippen LogP contribution < -0.4 is 20.1 Å². The lowest BCUT2D eigenvalue weighted by atomic mass is 9.67. The Hall–Kier alpha value is -1.46. The highest BCUT2D eigenvalue weighted by molar-refractivity contribution is 5.85. The quantitative estimate of drug-likeness (QED) is 0.875. The first-order chi connectivity index (χ1) is 11.3. The second-order valence-corrected chi connectivity index (χ2v) is 6.94. The molecule has 24 heavy (non-hydrogen) atoms. The van der Waals surface area contributed by atoms with Gasteiger partial charge in [-0.25, -0.2) is 0 Å². The molecular weight excluding hydrogens is 328 g/mol. The molecule has 2 fully saturated rings. The van der Waals surface area contributed by atoms with E-state index < -0.39 is 0 Å². The maximum Gasteiger partial charge on any atom is 0.227 e. The van der Waals surface area contributed by atoms with Crippen LogP contribution in [0.15, 0.2) is 24.3 Å². The molecule has 132 valence electrons. The Labute approximate surface area is 148 Å². The van der Waals surface area contributed by atoms with Gasteiger partial charge < -0.3 is 20.1 Å². The van der Waals surface area contributed by atoms with Gasteiger partial charge in [-0.15, -0.1) is 12.4 Å². The number of carbonyl (C=O) groups is 1. The summed E-state index contributed by atoms with van der Waals surface area (Å²) in [6.07, 6.45) is 4.44. The minimum atomic E-state index is -0.203. The van der Waals surface area contributed by atoms with Crippen molar-refractivity contribution in [1.29, 1.82) is 0 Å². The molecule has 2 heterocycles. The van der Waals surface area contributed by atoms with E-state index in [1.807, 2.05) is 24.3 Å². The first-order valence-electron chi connectivity index (χ1n) is 8.65. The summed E-state index contributed by atoms with van der Waals surface area (Å²) in [5.74, 6) is 2.21. The Morgan fingerprint density at radius 1 is 1.29 bits per heavy atom. The van der Waals surface area contributed by atoms with Crippen LogP contribution in [0, 0.1) is 11.3 Å². The van der Waals surface area contributed by atoms with E-state index in [9.17, 15) is 4.79 Å². The van der Waals surface area contributed by atoms with E-state index in [2.05, 4.69) is 10.6 Å². The molecule has 3 atom stereocenters. The predicted octanol–water partition coefficient (Wildman–Crippen LogP) is 2.14. The fourth-order valence-electron chi connectivity index (χ4n) is 4.24. The lowest BCUT2D eigenvalue weighted by molar-refractivity contribution is -0.134. The number of para-hydroxylation sites is 2. The van der Waals surface area contributed by atoms with Gasteiger partial charge in [-0.2, -0.15) is 0 Å². The Bertz CT molecular complexity index is 597. The highest BCUT2D eigenvalue weighted by Gasteiger charge is 2.49. The van der Waals surface area contributed by atoms with Crippen LogP contribution in [0.1, 0.15) is 25.7 Å². The second-order valence-electron chi connectivity index (χ2n) is 6.94. The van der Waals surface area contributed by atoms with Crippen LogP contribution in [0.5, 0.6) is 11.5 Å². The third-order valence-electron chi connectivity index (χ3n) is 5.55. The van der Waals surface area contributed by atoms with Crippen molar-refractivity contribution in [2.24, 2.45) is 11.3 Å². The van der Waals surface area contributed by atoms with Gasteiger partial charge in [-0.1, -0.05) is 25.0 Å². The average molecular weight is 353 g/mol. The van der Waals surface area contributed by atoms with E-state index in [1.54, 1.807) is 0 Å². The first-order valence-corrected chi connectivity index (χ1v) is 8.65. The van der Waals surface area contributed by atoms with E-state index in [1.165, 1.54) is 6.42 Å². The molecule has 0 radical (unpaired) electrons. The topological polar surface area (TPSA) is 59.6 Å². The number of hydrogen-bond acceptors (Lipinski definition) is 4. The van der Waals surface area contributed by atoms with Crippen LogP contribution in [0.3, 0.4) is 0 Å². The molecule has 0 bridgehead atoms. The lowest BCUT2D eigenvalue weighted by Gasteiger charge is -2.37. The molecule has 1 saturated heterocycles. The van der Waals surface area contributed by atoms with E-state index in [0.29, 0.717) is 19.1 Å². The van der Waals surface area contributed by atoms with Crippen LogP contribution in [0.4, 0.5) is 0 Å². The van der Waals surface area contributed by atoms with Crippen LogP contribution in [-0.2, 0) is 4.79 Å². The molecule has 1 aliphatic carbocycles. The molecule has 4 rings (SSSR count). The Morgan fingerprint density at radius 3 is 3.00 bits per heavy atom. The van der Waals surface area contributed by atoms with Gasteiger partial charge in [0.25, 0.3) is 0 Å². The van der Waals surface area contributed by atoms with Gasteiger partial charge >= 0.3 is 0 Å². The summed E-state index contributed by atoms with van der Waals surface area (Å²) in [6.45, 7) is 2.77. The van der Waals surface area contributed by atoms with Crippen molar-refractivity contribution in [3.05, 3.63) is 24.3 Å². The molecule has 1 amide bonds. The SMILES string of the molecule is Cl.O=C(NCC1COc2ccccc2O1)[C@@]12CCCC[C@H]1CNC2. The minimum Gasteiger partial charge on any atom is -0.486 e. The molecule has 1 aromatic carbocycles. The zero-order chi connectivity index (χ0) is 15.7. The number of benzene rings is 1. The fourth-order valence-corrected chi connectivity index (χ4v) is 4.24. The normalized spacial score (nSPS) is 30.8. The van der Waals surface area contributed by atoms with Gasteiger partial charge in [-0.05, 0) is 37.4 Å². The molecule has 1 aromatic rings. The van der Waals surface area contributed by atoms with Crippen molar-refractivity contribution in [3.63, 3.8) is 0 Å². The summed E-state index contributed by atoms with van der Waals surface area (Å²) in [7, 11) is 0. The maximum absolute atomic E-state index is 12.8. The van der Waals surface area contributed by atoms with Crippen molar-refractivity contribution < 1.29 is 14.3 Å². The molecule has 3 aliphatic rings. The molecule has 6 heteroatoms. The number of halogens is 1. The van der Waals surface area contributed by atoms with Crippen molar-refractivity contribution in [3.8, 4) is 11.5 Å². The van der Waals surface area contributed by atoms with Crippen LogP contribution >= 0.6 is 12.4 Å². The smallest absolute Gasteiger partial charge is 0.227 e. The molecule has 0 spiro atoms. The second kappa shape index (κ2) is 7.19. The summed E-state index contributed by atoms with van der Waals surface area (Å²) < 4.78 is 11.6. The van der Waals surface area contributed by atoms with Crippen LogP contribution in [0.2, 0.25) is 0 Å². The zero-order valence-corrected chi connectivity index (χ0v) is 14.6. The number of hydrogen-bond donors (Lipinski definition) is 2. The van der Waals surface area contributed by atoms with Gasteiger partial charge in [0.05, 0.1) is 12.0 Å². The van der Waals surface area contributed by atoms with E-state index in [-0.39, 0.29) is 29.8 Å². The van der Waals surface area contributed by atoms with E-state index in [4.69, 9.17) is 9.47 Å². The monoisotopic (exact) mass is 352 g/mol. The molecule has 2 aliphatic heterocycles. The number of nitrogens with one attached hydrogen (secondary N) is 2. The highest BCUT2D eigenvalue weighted by atomic mass is 35.5. The summed E-state index contributed by atoms with van der Waals surface area (Å²) in [5, 5.41) is 6.55. The highest BCUT2D eigenvalue weighted by Crippen LogP contribution is 2.43. The summed E-state index contributed by atoms with van der Waals surface area (Å²) in [6, 6.07) is 7.67. The van der Waals surface area contributed by atoms with E-state index in [0.717, 1.165) is 43.9 Å². The van der Waals surface area contributed by atoms with Gasteiger partial charge in [0.2, 0.25) is 5.91 Å². The van der Waals surface area contributed by atoms with Gasteiger partial charge in [0.15, 0.2) is 11.5 Å². The Balaban J connectivity index is 0.00000169. The third-order valence-corrected chi connectivity index (χ3v) is 5.55. The molecule has 2 N–H and O–H groups in total. The van der Waals surface area contributed by atoms with E-state index >= 15 is 0 Å². The Kier molecular flexibility index (Phi) is 5.21. The molecule has 1 unspecified atom stereocenters. The van der Waals surface area contributed by atoms with Gasteiger partial charge in [-0.3, -0.25) is 4.79 Å². The number of carbonyl (C=O) groups excluding carboxylic acids is 1. The van der Waals surface area contributed by atoms with Gasteiger partial charge in [0, 0.05) is 6.54 Å².